The molecule has 0 bridgehead atoms. The van der Waals surface area contributed by atoms with Crippen LogP contribution in [0.3, 0.4) is 0 Å². The first-order valence-corrected chi connectivity index (χ1v) is 4.94. The van der Waals surface area contributed by atoms with Gasteiger partial charge in [-0.15, -0.1) is 0 Å². The number of halogens is 3. The van der Waals surface area contributed by atoms with Crippen LogP contribution in [0.2, 0.25) is 0 Å². The molecule has 0 aliphatic rings. The molecule has 0 aliphatic heterocycles. The highest BCUT2D eigenvalue weighted by molar-refractivity contribution is 9.10. The predicted molar refractivity (Wildman–Crippen MR) is 57.4 cm³/mol. The molecule has 1 aromatic carbocycles. The molecule has 1 N–H and O–H groups in total. The lowest BCUT2D eigenvalue weighted by Gasteiger charge is -2.05. The molecule has 0 unspecified atom stereocenters. The van der Waals surface area contributed by atoms with E-state index in [4.69, 9.17) is 0 Å². The molecule has 14 heavy (non-hydrogen) atoms. The van der Waals surface area contributed by atoms with Crippen LogP contribution < -0.4 is 5.32 Å². The third-order valence-electron chi connectivity index (χ3n) is 1.66. The Labute approximate surface area is 90.0 Å². The van der Waals surface area contributed by atoms with Gasteiger partial charge < -0.3 is 5.32 Å². The van der Waals surface area contributed by atoms with E-state index in [2.05, 4.69) is 21.2 Å². The summed E-state index contributed by atoms with van der Waals surface area (Å²) in [6.07, 6.45) is 3.65. The molecule has 0 saturated heterocycles. The second-order valence-electron chi connectivity index (χ2n) is 2.70. The second kappa shape index (κ2) is 5.10. The lowest BCUT2D eigenvalue weighted by atomic mass is 10.3. The fourth-order valence-corrected chi connectivity index (χ4v) is 1.26. The Morgan fingerprint density at radius 2 is 2.07 bits per heavy atom. The van der Waals surface area contributed by atoms with Crippen molar-refractivity contribution in [1.29, 1.82) is 0 Å². The maximum absolute atomic E-state index is 13.2. The molecule has 76 valence electrons. The van der Waals surface area contributed by atoms with E-state index in [0.717, 1.165) is 12.1 Å². The van der Waals surface area contributed by atoms with Gasteiger partial charge in [0.15, 0.2) is 0 Å². The van der Waals surface area contributed by atoms with Crippen molar-refractivity contribution in [3.05, 3.63) is 40.4 Å². The Morgan fingerprint density at radius 3 is 2.71 bits per heavy atom. The van der Waals surface area contributed by atoms with E-state index in [1.807, 2.05) is 19.1 Å². The van der Waals surface area contributed by atoms with Gasteiger partial charge in [-0.2, -0.15) is 0 Å². The SMILES string of the molecule is C/C=C/CNc1cc(F)c(Br)cc1F. The van der Waals surface area contributed by atoms with Crippen LogP contribution in [0.25, 0.3) is 0 Å². The maximum Gasteiger partial charge on any atom is 0.147 e. The summed E-state index contributed by atoms with van der Waals surface area (Å²) in [5.41, 5.74) is 0.170. The van der Waals surface area contributed by atoms with Gasteiger partial charge in [0.05, 0.1) is 10.2 Å². The molecule has 0 fully saturated rings. The van der Waals surface area contributed by atoms with Crippen LogP contribution >= 0.6 is 15.9 Å². The highest BCUT2D eigenvalue weighted by Crippen LogP contribution is 2.22. The molecule has 1 aromatic rings. The molecule has 0 saturated carbocycles. The Hall–Kier alpha value is -0.900. The molecule has 0 aromatic heterocycles. The van der Waals surface area contributed by atoms with Crippen LogP contribution in [0.5, 0.6) is 0 Å². The Balaban J connectivity index is 2.81. The zero-order chi connectivity index (χ0) is 10.6. The fraction of sp³-hybridized carbons (Fsp3) is 0.200. The molecule has 0 atom stereocenters. The van der Waals surface area contributed by atoms with E-state index in [1.54, 1.807) is 0 Å². The minimum Gasteiger partial charge on any atom is -0.379 e. The molecule has 0 spiro atoms. The lowest BCUT2D eigenvalue weighted by Crippen LogP contribution is -2.01. The Morgan fingerprint density at radius 1 is 1.36 bits per heavy atom. The number of rotatable bonds is 3. The van der Waals surface area contributed by atoms with Crippen molar-refractivity contribution in [3.63, 3.8) is 0 Å². The molecule has 0 heterocycles. The number of hydrogen-bond donors (Lipinski definition) is 1. The first-order chi connectivity index (χ1) is 6.65. The highest BCUT2D eigenvalue weighted by Gasteiger charge is 2.06. The number of benzene rings is 1. The van der Waals surface area contributed by atoms with Gasteiger partial charge in [-0.25, -0.2) is 8.78 Å². The van der Waals surface area contributed by atoms with Crippen LogP contribution in [0, 0.1) is 11.6 Å². The normalized spacial score (nSPS) is 10.9. The minimum absolute atomic E-state index is 0.131. The van der Waals surface area contributed by atoms with E-state index < -0.39 is 11.6 Å². The van der Waals surface area contributed by atoms with E-state index in [0.29, 0.717) is 6.54 Å². The van der Waals surface area contributed by atoms with Crippen LogP contribution in [0.1, 0.15) is 6.92 Å². The van der Waals surface area contributed by atoms with Gasteiger partial charge >= 0.3 is 0 Å². The molecule has 0 amide bonds. The van der Waals surface area contributed by atoms with Gasteiger partial charge in [-0.3, -0.25) is 0 Å². The summed E-state index contributed by atoms with van der Waals surface area (Å²) in [4.78, 5) is 0. The van der Waals surface area contributed by atoms with E-state index in [-0.39, 0.29) is 10.2 Å². The smallest absolute Gasteiger partial charge is 0.147 e. The number of nitrogens with one attached hydrogen (secondary N) is 1. The highest BCUT2D eigenvalue weighted by atomic mass is 79.9. The number of hydrogen-bond acceptors (Lipinski definition) is 1. The van der Waals surface area contributed by atoms with Crippen LogP contribution in [-0.2, 0) is 0 Å². The zero-order valence-corrected chi connectivity index (χ0v) is 9.24. The maximum atomic E-state index is 13.2. The van der Waals surface area contributed by atoms with Crippen molar-refractivity contribution in [2.75, 3.05) is 11.9 Å². The third kappa shape index (κ3) is 2.80. The second-order valence-corrected chi connectivity index (χ2v) is 3.55. The Kier molecular flexibility index (Phi) is 4.07. The van der Waals surface area contributed by atoms with Crippen LogP contribution in [-0.4, -0.2) is 6.54 Å². The largest absolute Gasteiger partial charge is 0.379 e. The van der Waals surface area contributed by atoms with E-state index >= 15 is 0 Å². The Bertz CT molecular complexity index is 350. The monoisotopic (exact) mass is 261 g/mol. The average molecular weight is 262 g/mol. The summed E-state index contributed by atoms with van der Waals surface area (Å²) in [5, 5.41) is 2.76. The summed E-state index contributed by atoms with van der Waals surface area (Å²) in [6, 6.07) is 2.23. The molecular weight excluding hydrogens is 252 g/mol. The summed E-state index contributed by atoms with van der Waals surface area (Å²) >= 11 is 2.91. The quantitative estimate of drug-likeness (QED) is 0.646. The third-order valence-corrected chi connectivity index (χ3v) is 2.26. The number of anilines is 1. The minimum atomic E-state index is -0.477. The molecule has 1 nitrogen and oxygen atoms in total. The summed E-state index contributed by atoms with van der Waals surface area (Å²) in [5.74, 6) is -0.947. The number of allylic oxidation sites excluding steroid dienone is 1. The average Bonchev–Trinajstić information content (AvgIpc) is 2.14. The van der Waals surface area contributed by atoms with Gasteiger partial charge in [0.25, 0.3) is 0 Å². The van der Waals surface area contributed by atoms with E-state index in [1.165, 1.54) is 0 Å². The summed E-state index contributed by atoms with van der Waals surface area (Å²) in [6.45, 7) is 2.34. The van der Waals surface area contributed by atoms with Crippen molar-refractivity contribution in [1.82, 2.24) is 0 Å². The van der Waals surface area contributed by atoms with Crippen LogP contribution in [0.15, 0.2) is 28.8 Å². The molecule has 0 aliphatic carbocycles. The predicted octanol–water partition coefficient (Wildman–Crippen LogP) is 3.72. The summed E-state index contributed by atoms with van der Waals surface area (Å²) < 4.78 is 26.3. The fourth-order valence-electron chi connectivity index (χ4n) is 0.945. The van der Waals surface area contributed by atoms with Crippen molar-refractivity contribution in [3.8, 4) is 0 Å². The van der Waals surface area contributed by atoms with Gasteiger partial charge in [-0.1, -0.05) is 12.2 Å². The van der Waals surface area contributed by atoms with Crippen molar-refractivity contribution >= 4 is 21.6 Å². The topological polar surface area (TPSA) is 12.0 Å². The summed E-state index contributed by atoms with van der Waals surface area (Å²) in [7, 11) is 0. The molecule has 4 heteroatoms. The van der Waals surface area contributed by atoms with Gasteiger partial charge in [0, 0.05) is 12.6 Å². The van der Waals surface area contributed by atoms with Gasteiger partial charge in [0.2, 0.25) is 0 Å². The lowest BCUT2D eigenvalue weighted by molar-refractivity contribution is 0.597. The van der Waals surface area contributed by atoms with Crippen molar-refractivity contribution in [2.45, 2.75) is 6.92 Å². The molecule has 0 radical (unpaired) electrons. The van der Waals surface area contributed by atoms with Crippen molar-refractivity contribution in [2.24, 2.45) is 0 Å². The van der Waals surface area contributed by atoms with Gasteiger partial charge in [-0.05, 0) is 28.9 Å². The van der Waals surface area contributed by atoms with Gasteiger partial charge in [0.1, 0.15) is 11.6 Å². The zero-order valence-electron chi connectivity index (χ0n) is 7.65. The first-order valence-electron chi connectivity index (χ1n) is 4.14. The molecular formula is C10H10BrF2N. The standard InChI is InChI=1S/C10H10BrF2N/c1-2-3-4-14-10-6-8(12)7(11)5-9(10)13/h2-3,5-6,14H,4H2,1H3/b3-2+. The van der Waals surface area contributed by atoms with Crippen LogP contribution in [0.4, 0.5) is 14.5 Å². The first kappa shape index (κ1) is 11.2. The molecule has 1 rings (SSSR count). The van der Waals surface area contributed by atoms with E-state index in [9.17, 15) is 8.78 Å². The van der Waals surface area contributed by atoms with Crippen molar-refractivity contribution < 1.29 is 8.78 Å².